The molecule has 0 saturated heterocycles. The zero-order valence-corrected chi connectivity index (χ0v) is 18.8. The molecule has 0 fully saturated rings. The molecule has 0 unspecified atom stereocenters. The van der Waals surface area contributed by atoms with Gasteiger partial charge in [-0.05, 0) is 29.8 Å². The maximum atomic E-state index is 13.2. The molecule has 11 nitrogen and oxygen atoms in total. The quantitative estimate of drug-likeness (QED) is 0.394. The van der Waals surface area contributed by atoms with Crippen LogP contribution in [0.25, 0.3) is 0 Å². The van der Waals surface area contributed by atoms with Crippen LogP contribution in [-0.4, -0.2) is 40.7 Å². The molecule has 1 aromatic carbocycles. The summed E-state index contributed by atoms with van der Waals surface area (Å²) >= 11 is 1.08. The molecule has 0 radical (unpaired) electrons. The number of nitrogens with one attached hydrogen (secondary N) is 3. The second-order valence-electron chi connectivity index (χ2n) is 7.04. The van der Waals surface area contributed by atoms with Gasteiger partial charge in [0.2, 0.25) is 0 Å². The number of benzene rings is 1. The van der Waals surface area contributed by atoms with Crippen molar-refractivity contribution in [3.63, 3.8) is 0 Å². The molecular weight excluding hydrogens is 488 g/mol. The summed E-state index contributed by atoms with van der Waals surface area (Å²) in [4.78, 5) is 43.8. The molecule has 3 heterocycles. The van der Waals surface area contributed by atoms with Gasteiger partial charge in [-0.2, -0.15) is 0 Å². The lowest BCUT2D eigenvalue weighted by Crippen LogP contribution is -2.25. The molecule has 2 aromatic heterocycles. The Labute approximate surface area is 200 Å². The molecule has 0 aliphatic carbocycles. The van der Waals surface area contributed by atoms with E-state index in [1.54, 1.807) is 12.1 Å². The van der Waals surface area contributed by atoms with Crippen molar-refractivity contribution in [3.8, 4) is 11.5 Å². The molecule has 0 bridgehead atoms. The number of fused-ring (bicyclic) bond motifs is 1. The highest BCUT2D eigenvalue weighted by atomic mass is 32.1. The standard InChI is InChI=1S/C21H17F2N5O6S/c1-11(29)32-9-17(30)28-16-6-12(4-5-24-16)8-25-19-18(35-10-26-19)20(31)27-13-2-3-14-15(7-13)34-21(22,23)33-14/h2-7,10,25H,8-9H2,1H3,(H,27,31)(H,24,28,30). The Morgan fingerprint density at radius 1 is 1.09 bits per heavy atom. The predicted molar refractivity (Wildman–Crippen MR) is 120 cm³/mol. The highest BCUT2D eigenvalue weighted by Gasteiger charge is 2.43. The van der Waals surface area contributed by atoms with E-state index in [2.05, 4.69) is 40.1 Å². The molecule has 182 valence electrons. The van der Waals surface area contributed by atoms with E-state index in [-0.39, 0.29) is 34.4 Å². The number of anilines is 3. The number of pyridine rings is 1. The van der Waals surface area contributed by atoms with Crippen LogP contribution in [0.1, 0.15) is 22.2 Å². The molecule has 0 atom stereocenters. The summed E-state index contributed by atoms with van der Waals surface area (Å²) in [5.74, 6) is -1.38. The van der Waals surface area contributed by atoms with Gasteiger partial charge in [0.05, 0.1) is 5.51 Å². The third-order valence-corrected chi connectivity index (χ3v) is 5.22. The topological polar surface area (TPSA) is 141 Å². The van der Waals surface area contributed by atoms with Crippen molar-refractivity contribution in [2.45, 2.75) is 19.8 Å². The maximum absolute atomic E-state index is 13.2. The Balaban J connectivity index is 1.36. The summed E-state index contributed by atoms with van der Waals surface area (Å²) in [6.45, 7) is 1.02. The van der Waals surface area contributed by atoms with E-state index in [0.29, 0.717) is 5.82 Å². The van der Waals surface area contributed by atoms with Gasteiger partial charge < -0.3 is 30.2 Å². The SMILES string of the molecule is CC(=O)OCC(=O)Nc1cc(CNc2ncsc2C(=O)Nc2ccc3c(c2)OC(F)(F)O3)ccn1. The van der Waals surface area contributed by atoms with Crippen LogP contribution in [0.2, 0.25) is 0 Å². The fourth-order valence-corrected chi connectivity index (χ4v) is 3.59. The van der Waals surface area contributed by atoms with E-state index in [1.807, 2.05) is 0 Å². The molecule has 3 N–H and O–H groups in total. The van der Waals surface area contributed by atoms with Crippen LogP contribution in [0.5, 0.6) is 11.5 Å². The molecule has 35 heavy (non-hydrogen) atoms. The first-order valence-electron chi connectivity index (χ1n) is 9.95. The monoisotopic (exact) mass is 505 g/mol. The van der Waals surface area contributed by atoms with E-state index in [4.69, 9.17) is 0 Å². The number of hydrogen-bond donors (Lipinski definition) is 3. The summed E-state index contributed by atoms with van der Waals surface area (Å²) in [6.07, 6.45) is -2.27. The Kier molecular flexibility index (Phi) is 6.73. The van der Waals surface area contributed by atoms with Crippen molar-refractivity contribution >= 4 is 46.4 Å². The molecule has 1 aliphatic rings. The molecular formula is C21H17F2N5O6S. The average molecular weight is 505 g/mol. The molecule has 4 rings (SSSR count). The first kappa shape index (κ1) is 23.8. The second kappa shape index (κ2) is 9.89. The fourth-order valence-electron chi connectivity index (χ4n) is 2.93. The number of esters is 1. The summed E-state index contributed by atoms with van der Waals surface area (Å²) in [7, 11) is 0. The minimum atomic E-state index is -3.75. The Hall–Kier alpha value is -4.33. The Bertz CT molecular complexity index is 1280. The molecule has 2 amide bonds. The van der Waals surface area contributed by atoms with Crippen molar-refractivity contribution in [2.75, 3.05) is 22.6 Å². The van der Waals surface area contributed by atoms with Crippen molar-refractivity contribution in [1.29, 1.82) is 0 Å². The largest absolute Gasteiger partial charge is 0.586 e. The third kappa shape index (κ3) is 6.17. The summed E-state index contributed by atoms with van der Waals surface area (Å²) in [6, 6.07) is 7.21. The molecule has 14 heteroatoms. The molecule has 1 aliphatic heterocycles. The van der Waals surface area contributed by atoms with Crippen LogP contribution >= 0.6 is 11.3 Å². The number of hydrogen-bond acceptors (Lipinski definition) is 10. The van der Waals surface area contributed by atoms with E-state index < -0.39 is 30.7 Å². The minimum absolute atomic E-state index is 0.132. The third-order valence-electron chi connectivity index (χ3n) is 4.39. The highest BCUT2D eigenvalue weighted by Crippen LogP contribution is 2.42. The van der Waals surface area contributed by atoms with Gasteiger partial charge in [0.25, 0.3) is 11.8 Å². The predicted octanol–water partition coefficient (Wildman–Crippen LogP) is 3.23. The Morgan fingerprint density at radius 3 is 2.69 bits per heavy atom. The molecule has 3 aromatic rings. The number of rotatable bonds is 8. The number of carbonyl (C=O) groups excluding carboxylic acids is 3. The smallest absolute Gasteiger partial charge is 0.456 e. The van der Waals surface area contributed by atoms with Crippen LogP contribution in [-0.2, 0) is 20.9 Å². The van der Waals surface area contributed by atoms with Crippen LogP contribution in [0.3, 0.4) is 0 Å². The van der Waals surface area contributed by atoms with Gasteiger partial charge in [0.1, 0.15) is 16.5 Å². The lowest BCUT2D eigenvalue weighted by molar-refractivity contribution is -0.286. The number of aromatic nitrogens is 2. The van der Waals surface area contributed by atoms with Gasteiger partial charge in [0, 0.05) is 31.4 Å². The lowest BCUT2D eigenvalue weighted by Gasteiger charge is -2.09. The normalized spacial score (nSPS) is 13.1. The second-order valence-corrected chi connectivity index (χ2v) is 7.90. The van der Waals surface area contributed by atoms with Gasteiger partial charge >= 0.3 is 12.3 Å². The Morgan fingerprint density at radius 2 is 1.89 bits per heavy atom. The van der Waals surface area contributed by atoms with E-state index >= 15 is 0 Å². The first-order valence-corrected chi connectivity index (χ1v) is 10.8. The lowest BCUT2D eigenvalue weighted by atomic mass is 10.2. The summed E-state index contributed by atoms with van der Waals surface area (Å²) in [5.41, 5.74) is 2.43. The van der Waals surface area contributed by atoms with Crippen molar-refractivity contribution in [1.82, 2.24) is 9.97 Å². The van der Waals surface area contributed by atoms with E-state index in [0.717, 1.165) is 16.9 Å². The molecule has 0 saturated carbocycles. The zero-order chi connectivity index (χ0) is 25.0. The van der Waals surface area contributed by atoms with Gasteiger partial charge in [-0.15, -0.1) is 20.1 Å². The number of amides is 2. The van der Waals surface area contributed by atoms with Gasteiger partial charge in [-0.1, -0.05) is 0 Å². The number of thiazole rings is 1. The number of ether oxygens (including phenoxy) is 3. The van der Waals surface area contributed by atoms with Crippen LogP contribution < -0.4 is 25.4 Å². The average Bonchev–Trinajstić information content (AvgIpc) is 3.39. The van der Waals surface area contributed by atoms with Gasteiger partial charge in [-0.25, -0.2) is 9.97 Å². The van der Waals surface area contributed by atoms with E-state index in [1.165, 1.54) is 36.8 Å². The summed E-state index contributed by atoms with van der Waals surface area (Å²) in [5, 5.41) is 8.15. The fraction of sp³-hybridized carbons (Fsp3) is 0.190. The minimum Gasteiger partial charge on any atom is -0.456 e. The van der Waals surface area contributed by atoms with Gasteiger partial charge in [-0.3, -0.25) is 14.4 Å². The number of alkyl halides is 2. The summed E-state index contributed by atoms with van der Waals surface area (Å²) < 4.78 is 39.7. The number of carbonyl (C=O) groups is 3. The first-order chi connectivity index (χ1) is 16.7. The van der Waals surface area contributed by atoms with Gasteiger partial charge in [0.15, 0.2) is 18.1 Å². The zero-order valence-electron chi connectivity index (χ0n) is 18.0. The number of halogens is 2. The maximum Gasteiger partial charge on any atom is 0.586 e. The van der Waals surface area contributed by atoms with E-state index in [9.17, 15) is 23.2 Å². The van der Waals surface area contributed by atoms with Crippen molar-refractivity contribution < 1.29 is 37.4 Å². The molecule has 0 spiro atoms. The highest BCUT2D eigenvalue weighted by molar-refractivity contribution is 7.12. The van der Waals surface area contributed by atoms with Crippen molar-refractivity contribution in [2.24, 2.45) is 0 Å². The van der Waals surface area contributed by atoms with Crippen molar-refractivity contribution in [3.05, 3.63) is 52.5 Å². The van der Waals surface area contributed by atoms with Crippen LogP contribution in [0, 0.1) is 0 Å². The van der Waals surface area contributed by atoms with Crippen LogP contribution in [0.15, 0.2) is 42.0 Å². The number of nitrogens with zero attached hydrogens (tertiary/aromatic N) is 2. The van der Waals surface area contributed by atoms with Crippen LogP contribution in [0.4, 0.5) is 26.1 Å².